The summed E-state index contributed by atoms with van der Waals surface area (Å²) in [6.45, 7) is 41.4. The van der Waals surface area contributed by atoms with E-state index in [4.69, 9.17) is 9.47 Å². The van der Waals surface area contributed by atoms with Crippen LogP contribution in [0.2, 0.25) is 0 Å². The summed E-state index contributed by atoms with van der Waals surface area (Å²) in [5, 5.41) is 23.8. The molecule has 3 aromatic carbocycles. The molecule has 0 saturated carbocycles. The molecule has 4 heteroatoms. The van der Waals surface area contributed by atoms with Crippen LogP contribution in [0.15, 0.2) is 36.4 Å². The monoisotopic (exact) mass is 939 g/mol. The van der Waals surface area contributed by atoms with Crippen LogP contribution in [0.25, 0.3) is 0 Å². The average molecular weight is 940 g/mol. The lowest BCUT2D eigenvalue weighted by Crippen LogP contribution is -2.32. The third kappa shape index (κ3) is 13.6. The second kappa shape index (κ2) is 25.8. The van der Waals surface area contributed by atoms with Crippen molar-refractivity contribution in [3.05, 3.63) is 69.8 Å². The molecule has 0 fully saturated rings. The number of phenolic OH excluding ortho intramolecular Hbond substituents is 2. The minimum absolute atomic E-state index is 0.142. The molecule has 0 aliphatic carbocycles. The Morgan fingerprint density at radius 1 is 0.382 bits per heavy atom. The van der Waals surface area contributed by atoms with E-state index in [2.05, 4.69) is 143 Å². The summed E-state index contributed by atoms with van der Waals surface area (Å²) in [5.41, 5.74) is 5.54. The van der Waals surface area contributed by atoms with Crippen molar-refractivity contribution in [2.24, 2.45) is 0 Å². The SMILES string of the molecule is CCCCC(CCCC)(CCCC)c1cc(Oc2ccc(O)c(C(C)(CC)CC)c2C(C)(C)C)cc(C(CCCC)(CCCC)CCCC)c1Oc1ccc(O)c(C(C)(CC)CC)c1C(C)(C)C. The Balaban J connectivity index is 2.88. The lowest BCUT2D eigenvalue weighted by molar-refractivity contribution is 0.278. The number of aromatic hydroxyl groups is 2. The molecule has 0 saturated heterocycles. The molecule has 68 heavy (non-hydrogen) atoms. The van der Waals surface area contributed by atoms with Crippen molar-refractivity contribution in [1.82, 2.24) is 0 Å². The number of unbranched alkanes of at least 4 members (excludes halogenated alkanes) is 6. The zero-order chi connectivity index (χ0) is 51.1. The molecule has 4 nitrogen and oxygen atoms in total. The Bertz CT molecular complexity index is 1880. The van der Waals surface area contributed by atoms with Gasteiger partial charge in [-0.15, -0.1) is 0 Å². The van der Waals surface area contributed by atoms with Crippen LogP contribution in [0.3, 0.4) is 0 Å². The summed E-state index contributed by atoms with van der Waals surface area (Å²) in [6.07, 6.45) is 23.9. The van der Waals surface area contributed by atoms with E-state index in [1.165, 1.54) is 11.1 Å². The summed E-state index contributed by atoms with van der Waals surface area (Å²) >= 11 is 0. The minimum Gasteiger partial charge on any atom is -0.508 e. The van der Waals surface area contributed by atoms with E-state index >= 15 is 0 Å². The molecule has 3 rings (SSSR count). The first kappa shape index (κ1) is 59.2. The maximum Gasteiger partial charge on any atom is 0.135 e. The Labute approximate surface area is 420 Å². The van der Waals surface area contributed by atoms with Crippen LogP contribution in [-0.2, 0) is 32.5 Å². The van der Waals surface area contributed by atoms with Crippen molar-refractivity contribution >= 4 is 0 Å². The van der Waals surface area contributed by atoms with Crippen LogP contribution < -0.4 is 9.47 Å². The van der Waals surface area contributed by atoms with Crippen molar-refractivity contribution in [3.63, 3.8) is 0 Å². The smallest absolute Gasteiger partial charge is 0.135 e. The zero-order valence-corrected chi connectivity index (χ0v) is 47.7. The Kier molecular flexibility index (Phi) is 22.5. The number of ether oxygens (including phenoxy) is 2. The van der Waals surface area contributed by atoms with Crippen molar-refractivity contribution in [2.75, 3.05) is 0 Å². The van der Waals surface area contributed by atoms with Gasteiger partial charge in [-0.3, -0.25) is 0 Å². The van der Waals surface area contributed by atoms with Gasteiger partial charge in [-0.05, 0) is 133 Å². The van der Waals surface area contributed by atoms with Crippen molar-refractivity contribution in [1.29, 1.82) is 0 Å². The van der Waals surface area contributed by atoms with E-state index in [0.717, 1.165) is 187 Å². The summed E-state index contributed by atoms with van der Waals surface area (Å²) in [7, 11) is 0. The second-order valence-electron chi connectivity index (χ2n) is 23.9. The molecular formula is C64H106O4. The molecule has 386 valence electrons. The molecule has 0 aliphatic heterocycles. The van der Waals surface area contributed by atoms with E-state index in [9.17, 15) is 10.2 Å². The Morgan fingerprint density at radius 2 is 0.662 bits per heavy atom. The number of benzene rings is 3. The van der Waals surface area contributed by atoms with E-state index in [-0.39, 0.29) is 32.5 Å². The first-order valence-corrected chi connectivity index (χ1v) is 28.3. The summed E-state index contributed by atoms with van der Waals surface area (Å²) in [5.74, 6) is 4.37. The van der Waals surface area contributed by atoms with Gasteiger partial charge in [-0.2, -0.15) is 0 Å². The van der Waals surface area contributed by atoms with Gasteiger partial charge in [0, 0.05) is 33.4 Å². The molecule has 0 atom stereocenters. The molecule has 0 spiro atoms. The highest BCUT2D eigenvalue weighted by atomic mass is 16.5. The van der Waals surface area contributed by atoms with Gasteiger partial charge in [-0.1, -0.05) is 202 Å². The first-order valence-electron chi connectivity index (χ1n) is 28.3. The third-order valence-electron chi connectivity index (χ3n) is 16.8. The quantitative estimate of drug-likeness (QED) is 0.0699. The largest absolute Gasteiger partial charge is 0.508 e. The maximum absolute atomic E-state index is 12.0. The number of hydrogen-bond acceptors (Lipinski definition) is 4. The molecule has 0 aromatic heterocycles. The number of hydrogen-bond donors (Lipinski definition) is 2. The van der Waals surface area contributed by atoms with Crippen molar-refractivity contribution in [3.8, 4) is 34.5 Å². The summed E-state index contributed by atoms with van der Waals surface area (Å²) in [4.78, 5) is 0. The normalized spacial score (nSPS) is 13.1. The van der Waals surface area contributed by atoms with Gasteiger partial charge in [0.15, 0.2) is 0 Å². The molecule has 2 N–H and O–H groups in total. The standard InChI is InChI=1S/C64H106O4/c1-19-29-39-63(40-30-20-2,41-31-21-3)48-45-47(67-52-37-35-50(65)54(56(52)59(11,12)13)61(17,25-7)26-8)46-49(64(42-32-22-4,43-33-23-5)44-34-24-6)58(48)68-53-38-36-51(66)55(57(53)60(14,15)16)62(18,27-9)28-10/h35-38,45-46,65-66H,19-34,39-44H2,1-18H3. The number of phenols is 2. The van der Waals surface area contributed by atoms with Crippen LogP contribution in [0.5, 0.6) is 34.5 Å². The molecule has 3 aromatic rings. The molecule has 0 aliphatic rings. The average Bonchev–Trinajstić information content (AvgIpc) is 3.31. The van der Waals surface area contributed by atoms with Gasteiger partial charge >= 0.3 is 0 Å². The van der Waals surface area contributed by atoms with Gasteiger partial charge < -0.3 is 19.7 Å². The highest BCUT2D eigenvalue weighted by molar-refractivity contribution is 5.62. The maximum atomic E-state index is 12.0. The predicted octanol–water partition coefficient (Wildman–Crippen LogP) is 21.0. The van der Waals surface area contributed by atoms with Crippen molar-refractivity contribution in [2.45, 2.75) is 298 Å². The van der Waals surface area contributed by atoms with Crippen LogP contribution in [0, 0.1) is 0 Å². The zero-order valence-electron chi connectivity index (χ0n) is 47.7. The van der Waals surface area contributed by atoms with Gasteiger partial charge in [0.2, 0.25) is 0 Å². The van der Waals surface area contributed by atoms with Crippen LogP contribution in [0.4, 0.5) is 0 Å². The first-order chi connectivity index (χ1) is 32.1. The molecule has 0 amide bonds. The van der Waals surface area contributed by atoms with Crippen LogP contribution in [-0.4, -0.2) is 10.2 Å². The van der Waals surface area contributed by atoms with E-state index in [1.54, 1.807) is 0 Å². The van der Waals surface area contributed by atoms with Gasteiger partial charge in [-0.25, -0.2) is 0 Å². The fourth-order valence-electron chi connectivity index (χ4n) is 11.7. The molecule has 0 unspecified atom stereocenters. The Hall–Kier alpha value is -3.14. The van der Waals surface area contributed by atoms with Crippen LogP contribution >= 0.6 is 0 Å². The minimum atomic E-state index is -0.308. The number of rotatable bonds is 30. The molecule has 0 heterocycles. The molecular weight excluding hydrogens is 833 g/mol. The van der Waals surface area contributed by atoms with E-state index in [0.29, 0.717) is 11.5 Å². The molecule has 0 radical (unpaired) electrons. The predicted molar refractivity (Wildman–Crippen MR) is 297 cm³/mol. The highest BCUT2D eigenvalue weighted by Gasteiger charge is 2.43. The fraction of sp³-hybridized carbons (Fsp3) is 0.719. The molecule has 0 bridgehead atoms. The lowest BCUT2D eigenvalue weighted by atomic mass is 9.65. The van der Waals surface area contributed by atoms with E-state index in [1.807, 2.05) is 18.2 Å². The van der Waals surface area contributed by atoms with Gasteiger partial charge in [0.05, 0.1) is 0 Å². The summed E-state index contributed by atoms with van der Waals surface area (Å²) < 4.78 is 15.7. The third-order valence-corrected chi connectivity index (χ3v) is 16.8. The van der Waals surface area contributed by atoms with E-state index < -0.39 is 0 Å². The second-order valence-corrected chi connectivity index (χ2v) is 23.9. The topological polar surface area (TPSA) is 58.9 Å². The van der Waals surface area contributed by atoms with Gasteiger partial charge in [0.1, 0.15) is 34.5 Å². The van der Waals surface area contributed by atoms with Crippen molar-refractivity contribution < 1.29 is 19.7 Å². The fourth-order valence-corrected chi connectivity index (χ4v) is 11.7. The highest BCUT2D eigenvalue weighted by Crippen LogP contribution is 2.57. The lowest BCUT2D eigenvalue weighted by Gasteiger charge is -2.42. The summed E-state index contributed by atoms with van der Waals surface area (Å²) in [6, 6.07) is 12.8. The van der Waals surface area contributed by atoms with Gasteiger partial charge in [0.25, 0.3) is 0 Å². The Morgan fingerprint density at radius 3 is 0.912 bits per heavy atom. The van der Waals surface area contributed by atoms with Crippen LogP contribution in [0.1, 0.15) is 299 Å².